The number of aromatic nitrogens is 2. The van der Waals surface area contributed by atoms with Gasteiger partial charge in [-0.05, 0) is 38.3 Å². The molecule has 1 aliphatic rings. The fourth-order valence-corrected chi connectivity index (χ4v) is 3.17. The first-order chi connectivity index (χ1) is 9.83. The van der Waals surface area contributed by atoms with E-state index >= 15 is 0 Å². The second-order valence-electron chi connectivity index (χ2n) is 5.22. The van der Waals surface area contributed by atoms with E-state index in [0.717, 1.165) is 24.6 Å². The normalized spacial score (nSPS) is 16.9. The highest BCUT2D eigenvalue weighted by molar-refractivity contribution is 7.09. The molecule has 0 bridgehead atoms. The molecule has 0 amide bonds. The Balaban J connectivity index is 1.63. The molecule has 2 aromatic rings. The number of nitrogens with zero attached hydrogens (tertiary/aromatic N) is 3. The van der Waals surface area contributed by atoms with Crippen molar-refractivity contribution in [1.82, 2.24) is 9.97 Å². The summed E-state index contributed by atoms with van der Waals surface area (Å²) in [4.78, 5) is 12.3. The van der Waals surface area contributed by atoms with Crippen LogP contribution in [0.2, 0.25) is 0 Å². The molecule has 3 rings (SSSR count). The lowest BCUT2D eigenvalue weighted by Crippen LogP contribution is -2.30. The van der Waals surface area contributed by atoms with E-state index in [2.05, 4.69) is 39.2 Å². The summed E-state index contributed by atoms with van der Waals surface area (Å²) in [5.41, 5.74) is 2.93. The molecule has 1 unspecified atom stereocenters. The molecule has 0 aromatic carbocycles. The molecule has 2 aromatic heterocycles. The first kappa shape index (κ1) is 13.4. The summed E-state index contributed by atoms with van der Waals surface area (Å²) < 4.78 is 0. The van der Waals surface area contributed by atoms with Crippen LogP contribution in [-0.4, -0.2) is 23.1 Å². The van der Waals surface area contributed by atoms with Gasteiger partial charge in [0, 0.05) is 24.2 Å². The Morgan fingerprint density at radius 2 is 2.05 bits per heavy atom. The largest absolute Gasteiger partial charge is 0.376 e. The van der Waals surface area contributed by atoms with Gasteiger partial charge in [0.1, 0.15) is 5.82 Å². The minimum Gasteiger partial charge on any atom is -0.376 e. The lowest BCUT2D eigenvalue weighted by atomic mass is 10.1. The Morgan fingerprint density at radius 1 is 1.20 bits per heavy atom. The summed E-state index contributed by atoms with van der Waals surface area (Å²) in [5.74, 6) is 1.10. The third-order valence-corrected chi connectivity index (χ3v) is 4.65. The summed E-state index contributed by atoms with van der Waals surface area (Å²) in [5, 5.41) is 3.46. The first-order valence-corrected chi connectivity index (χ1v) is 8.07. The fourth-order valence-electron chi connectivity index (χ4n) is 2.54. The van der Waals surface area contributed by atoms with Crippen LogP contribution >= 0.6 is 11.3 Å². The second kappa shape index (κ2) is 6.22. The predicted molar refractivity (Wildman–Crippen MR) is 84.5 cm³/mol. The number of hydrogen-bond donors (Lipinski definition) is 1. The van der Waals surface area contributed by atoms with Crippen LogP contribution in [-0.2, 0) is 0 Å². The molecule has 1 fully saturated rings. The van der Waals surface area contributed by atoms with E-state index in [1.165, 1.54) is 24.1 Å². The number of rotatable bonds is 4. The molecule has 1 N–H and O–H groups in total. The average Bonchev–Trinajstić information content (AvgIpc) is 3.03. The van der Waals surface area contributed by atoms with Crippen LogP contribution in [0.1, 0.15) is 37.1 Å². The van der Waals surface area contributed by atoms with E-state index in [-0.39, 0.29) is 6.04 Å². The molecule has 1 saturated heterocycles. The van der Waals surface area contributed by atoms with Crippen molar-refractivity contribution in [1.29, 1.82) is 0 Å². The van der Waals surface area contributed by atoms with Crippen molar-refractivity contribution >= 4 is 22.8 Å². The van der Waals surface area contributed by atoms with Gasteiger partial charge in [0.05, 0.1) is 23.4 Å². The highest BCUT2D eigenvalue weighted by Crippen LogP contribution is 2.23. The Labute approximate surface area is 123 Å². The molecule has 106 valence electrons. The Bertz CT molecular complexity index is 517. The Morgan fingerprint density at radius 3 is 2.70 bits per heavy atom. The van der Waals surface area contributed by atoms with Crippen LogP contribution in [0.5, 0.6) is 0 Å². The van der Waals surface area contributed by atoms with Crippen LogP contribution in [0.4, 0.5) is 11.5 Å². The zero-order valence-electron chi connectivity index (χ0n) is 11.7. The van der Waals surface area contributed by atoms with Crippen LogP contribution in [0.25, 0.3) is 0 Å². The SMILES string of the molecule is CC(Nc1ccc(N2CCCCC2)nc1)c1cncs1. The molecule has 5 heteroatoms. The van der Waals surface area contributed by atoms with Gasteiger partial charge in [-0.15, -0.1) is 11.3 Å². The van der Waals surface area contributed by atoms with Gasteiger partial charge in [-0.25, -0.2) is 4.98 Å². The molecule has 0 aliphatic carbocycles. The molecule has 1 aliphatic heterocycles. The molecule has 0 radical (unpaired) electrons. The summed E-state index contributed by atoms with van der Waals surface area (Å²) in [6, 6.07) is 4.51. The van der Waals surface area contributed by atoms with E-state index in [1.54, 1.807) is 11.3 Å². The van der Waals surface area contributed by atoms with E-state index in [1.807, 2.05) is 17.9 Å². The van der Waals surface area contributed by atoms with Gasteiger partial charge in [0.15, 0.2) is 0 Å². The third-order valence-electron chi connectivity index (χ3n) is 3.69. The first-order valence-electron chi connectivity index (χ1n) is 7.19. The van der Waals surface area contributed by atoms with Crippen molar-refractivity contribution in [3.05, 3.63) is 34.9 Å². The van der Waals surface area contributed by atoms with Crippen LogP contribution in [0, 0.1) is 0 Å². The second-order valence-corrected chi connectivity index (χ2v) is 6.14. The zero-order chi connectivity index (χ0) is 13.8. The average molecular weight is 288 g/mol. The smallest absolute Gasteiger partial charge is 0.128 e. The minimum absolute atomic E-state index is 0.269. The molecule has 3 heterocycles. The third kappa shape index (κ3) is 3.10. The van der Waals surface area contributed by atoms with Crippen LogP contribution in [0.3, 0.4) is 0 Å². The highest BCUT2D eigenvalue weighted by Gasteiger charge is 2.12. The molecule has 4 nitrogen and oxygen atoms in total. The van der Waals surface area contributed by atoms with Gasteiger partial charge >= 0.3 is 0 Å². The highest BCUT2D eigenvalue weighted by atomic mass is 32.1. The maximum Gasteiger partial charge on any atom is 0.128 e. The lowest BCUT2D eigenvalue weighted by Gasteiger charge is -2.27. The molecule has 0 saturated carbocycles. The number of hydrogen-bond acceptors (Lipinski definition) is 5. The standard InChI is InChI=1S/C15H20N4S/c1-12(14-10-16-11-20-14)18-13-5-6-15(17-9-13)19-7-3-2-4-8-19/h5-6,9-12,18H,2-4,7-8H2,1H3. The number of piperidine rings is 1. The quantitative estimate of drug-likeness (QED) is 0.931. The molecule has 20 heavy (non-hydrogen) atoms. The van der Waals surface area contributed by atoms with Crippen molar-refractivity contribution < 1.29 is 0 Å². The van der Waals surface area contributed by atoms with Gasteiger partial charge in [0.25, 0.3) is 0 Å². The Kier molecular flexibility index (Phi) is 4.16. The lowest BCUT2D eigenvalue weighted by molar-refractivity contribution is 0.573. The van der Waals surface area contributed by atoms with E-state index in [0.29, 0.717) is 0 Å². The van der Waals surface area contributed by atoms with Gasteiger partial charge in [0.2, 0.25) is 0 Å². The van der Waals surface area contributed by atoms with Gasteiger partial charge < -0.3 is 10.2 Å². The summed E-state index contributed by atoms with van der Waals surface area (Å²) in [6.07, 6.45) is 7.76. The molecular weight excluding hydrogens is 268 g/mol. The van der Waals surface area contributed by atoms with Crippen molar-refractivity contribution in [2.45, 2.75) is 32.2 Å². The Hall–Kier alpha value is -1.62. The van der Waals surface area contributed by atoms with E-state index in [4.69, 9.17) is 0 Å². The van der Waals surface area contributed by atoms with Crippen molar-refractivity contribution in [3.63, 3.8) is 0 Å². The minimum atomic E-state index is 0.269. The van der Waals surface area contributed by atoms with Gasteiger partial charge in [-0.2, -0.15) is 0 Å². The zero-order valence-corrected chi connectivity index (χ0v) is 12.6. The molecule has 0 spiro atoms. The maximum absolute atomic E-state index is 4.59. The predicted octanol–water partition coefficient (Wildman–Crippen LogP) is 3.70. The fraction of sp³-hybridized carbons (Fsp3) is 0.467. The van der Waals surface area contributed by atoms with E-state index < -0.39 is 0 Å². The number of pyridine rings is 1. The monoisotopic (exact) mass is 288 g/mol. The van der Waals surface area contributed by atoms with Crippen LogP contribution in [0.15, 0.2) is 30.0 Å². The summed E-state index contributed by atoms with van der Waals surface area (Å²) in [7, 11) is 0. The summed E-state index contributed by atoms with van der Waals surface area (Å²) >= 11 is 1.67. The van der Waals surface area contributed by atoms with Crippen molar-refractivity contribution in [2.75, 3.05) is 23.3 Å². The van der Waals surface area contributed by atoms with Crippen molar-refractivity contribution in [2.24, 2.45) is 0 Å². The maximum atomic E-state index is 4.59. The van der Waals surface area contributed by atoms with Crippen molar-refractivity contribution in [3.8, 4) is 0 Å². The topological polar surface area (TPSA) is 41.0 Å². The number of thiazole rings is 1. The molecule has 1 atom stereocenters. The van der Waals surface area contributed by atoms with Gasteiger partial charge in [-0.1, -0.05) is 0 Å². The van der Waals surface area contributed by atoms with Crippen LogP contribution < -0.4 is 10.2 Å². The van der Waals surface area contributed by atoms with Gasteiger partial charge in [-0.3, -0.25) is 4.98 Å². The summed E-state index contributed by atoms with van der Waals surface area (Å²) in [6.45, 7) is 4.42. The molecular formula is C15H20N4S. The van der Waals surface area contributed by atoms with E-state index in [9.17, 15) is 0 Å². The number of nitrogens with one attached hydrogen (secondary N) is 1. The number of anilines is 2.